The normalized spacial score (nSPS) is 10.3. The molecule has 0 saturated carbocycles. The second-order valence-electron chi connectivity index (χ2n) is 5.33. The molecule has 1 N–H and O–H groups in total. The first kappa shape index (κ1) is 15.2. The largest absolute Gasteiger partial charge is 0.356 e. The maximum atomic E-state index is 11.8. The summed E-state index contributed by atoms with van der Waals surface area (Å²) in [6, 6.07) is 12.1. The number of hydrogen-bond donors (Lipinski definition) is 1. The Morgan fingerprint density at radius 3 is 2.62 bits per heavy atom. The summed E-state index contributed by atoms with van der Waals surface area (Å²) >= 11 is 0. The molecule has 1 heterocycles. The van der Waals surface area contributed by atoms with E-state index in [4.69, 9.17) is 0 Å². The summed E-state index contributed by atoms with van der Waals surface area (Å²) in [5.74, 6) is 0.0974. The zero-order chi connectivity index (χ0) is 14.9. The molecule has 0 spiro atoms. The van der Waals surface area contributed by atoms with Gasteiger partial charge in [0.2, 0.25) is 5.91 Å². The van der Waals surface area contributed by atoms with E-state index in [1.165, 1.54) is 11.1 Å². The molecule has 0 atom stereocenters. The van der Waals surface area contributed by atoms with Crippen LogP contribution in [0.3, 0.4) is 0 Å². The Hall–Kier alpha value is -2.16. The number of pyridine rings is 1. The van der Waals surface area contributed by atoms with Crippen LogP contribution in [0.4, 0.5) is 0 Å². The minimum Gasteiger partial charge on any atom is -0.356 e. The molecular weight excluding hydrogens is 260 g/mol. The smallest absolute Gasteiger partial charge is 0.224 e. The summed E-state index contributed by atoms with van der Waals surface area (Å²) in [6.07, 6.45) is 7.22. The summed E-state index contributed by atoms with van der Waals surface area (Å²) in [7, 11) is 0. The fourth-order valence-electron chi connectivity index (χ4n) is 2.18. The first-order chi connectivity index (χ1) is 10.2. The first-order valence-corrected chi connectivity index (χ1v) is 7.45. The highest BCUT2D eigenvalue weighted by Crippen LogP contribution is 2.04. The Morgan fingerprint density at radius 2 is 1.90 bits per heavy atom. The summed E-state index contributed by atoms with van der Waals surface area (Å²) in [6.45, 7) is 2.79. The van der Waals surface area contributed by atoms with Gasteiger partial charge in [-0.2, -0.15) is 0 Å². The van der Waals surface area contributed by atoms with Gasteiger partial charge in [0.15, 0.2) is 0 Å². The van der Waals surface area contributed by atoms with E-state index in [0.717, 1.165) is 31.4 Å². The Labute approximate surface area is 126 Å². The van der Waals surface area contributed by atoms with Crippen molar-refractivity contribution in [2.24, 2.45) is 0 Å². The van der Waals surface area contributed by atoms with Crippen molar-refractivity contribution in [1.82, 2.24) is 10.3 Å². The number of carbonyl (C=O) groups is 1. The number of rotatable bonds is 7. The van der Waals surface area contributed by atoms with Crippen molar-refractivity contribution in [3.05, 3.63) is 65.5 Å². The third kappa shape index (κ3) is 5.78. The van der Waals surface area contributed by atoms with Gasteiger partial charge in [0.05, 0.1) is 6.42 Å². The summed E-state index contributed by atoms with van der Waals surface area (Å²) in [5, 5.41) is 2.98. The molecule has 0 saturated heterocycles. The second-order valence-corrected chi connectivity index (χ2v) is 5.33. The van der Waals surface area contributed by atoms with Crippen molar-refractivity contribution in [3.63, 3.8) is 0 Å². The predicted molar refractivity (Wildman–Crippen MR) is 85.1 cm³/mol. The Morgan fingerprint density at radius 1 is 1.10 bits per heavy atom. The molecule has 1 aromatic heterocycles. The van der Waals surface area contributed by atoms with Crippen LogP contribution in [0, 0.1) is 6.92 Å². The molecule has 0 aliphatic carbocycles. The van der Waals surface area contributed by atoms with Gasteiger partial charge in [-0.1, -0.05) is 35.9 Å². The van der Waals surface area contributed by atoms with E-state index in [1.54, 1.807) is 6.20 Å². The molecule has 0 fully saturated rings. The van der Waals surface area contributed by atoms with Crippen LogP contribution in [-0.4, -0.2) is 17.4 Å². The molecule has 21 heavy (non-hydrogen) atoms. The minimum absolute atomic E-state index is 0.0974. The lowest BCUT2D eigenvalue weighted by Crippen LogP contribution is -2.26. The minimum atomic E-state index is 0.0974. The van der Waals surface area contributed by atoms with Crippen molar-refractivity contribution in [2.75, 3.05) is 6.54 Å². The summed E-state index contributed by atoms with van der Waals surface area (Å²) < 4.78 is 0. The molecule has 3 nitrogen and oxygen atoms in total. The molecule has 0 aliphatic heterocycles. The molecular formula is C18H22N2O. The van der Waals surface area contributed by atoms with E-state index < -0.39 is 0 Å². The van der Waals surface area contributed by atoms with E-state index in [0.29, 0.717) is 6.42 Å². The molecule has 0 radical (unpaired) electrons. The maximum absolute atomic E-state index is 11.8. The highest BCUT2D eigenvalue weighted by molar-refractivity contribution is 5.78. The van der Waals surface area contributed by atoms with Gasteiger partial charge < -0.3 is 5.32 Å². The van der Waals surface area contributed by atoms with E-state index in [2.05, 4.69) is 16.4 Å². The number of hydrogen-bond acceptors (Lipinski definition) is 2. The quantitative estimate of drug-likeness (QED) is 0.793. The van der Waals surface area contributed by atoms with Crippen molar-refractivity contribution in [2.45, 2.75) is 32.6 Å². The van der Waals surface area contributed by atoms with E-state index >= 15 is 0 Å². The van der Waals surface area contributed by atoms with Crippen molar-refractivity contribution >= 4 is 5.91 Å². The van der Waals surface area contributed by atoms with Gasteiger partial charge in [0.25, 0.3) is 0 Å². The number of carbonyl (C=O) groups excluding carboxylic acids is 1. The van der Waals surface area contributed by atoms with E-state index in [9.17, 15) is 4.79 Å². The van der Waals surface area contributed by atoms with Crippen LogP contribution >= 0.6 is 0 Å². The van der Waals surface area contributed by atoms with Crippen molar-refractivity contribution in [3.8, 4) is 0 Å². The zero-order valence-corrected chi connectivity index (χ0v) is 12.5. The topological polar surface area (TPSA) is 42.0 Å². The van der Waals surface area contributed by atoms with Gasteiger partial charge in [-0.3, -0.25) is 9.78 Å². The lowest BCUT2D eigenvalue weighted by Gasteiger charge is -2.06. The van der Waals surface area contributed by atoms with Gasteiger partial charge in [0, 0.05) is 18.9 Å². The van der Waals surface area contributed by atoms with Crippen LogP contribution < -0.4 is 5.32 Å². The van der Waals surface area contributed by atoms with E-state index in [1.807, 2.05) is 43.5 Å². The predicted octanol–water partition coefficient (Wildman–Crippen LogP) is 3.07. The van der Waals surface area contributed by atoms with Crippen LogP contribution in [0.25, 0.3) is 0 Å². The number of aryl methyl sites for hydroxylation is 2. The molecule has 0 aliphatic rings. The monoisotopic (exact) mass is 282 g/mol. The molecule has 0 unspecified atom stereocenters. The van der Waals surface area contributed by atoms with Gasteiger partial charge in [-0.15, -0.1) is 0 Å². The van der Waals surface area contributed by atoms with Crippen molar-refractivity contribution < 1.29 is 4.79 Å². The average molecular weight is 282 g/mol. The number of amides is 1. The van der Waals surface area contributed by atoms with Crippen molar-refractivity contribution in [1.29, 1.82) is 0 Å². The van der Waals surface area contributed by atoms with Crippen LogP contribution in [0.2, 0.25) is 0 Å². The highest BCUT2D eigenvalue weighted by atomic mass is 16.1. The lowest BCUT2D eigenvalue weighted by molar-refractivity contribution is -0.120. The van der Waals surface area contributed by atoms with Crippen LogP contribution in [-0.2, 0) is 17.6 Å². The maximum Gasteiger partial charge on any atom is 0.224 e. The van der Waals surface area contributed by atoms with Gasteiger partial charge in [-0.25, -0.2) is 0 Å². The fourth-order valence-corrected chi connectivity index (χ4v) is 2.18. The number of aromatic nitrogens is 1. The van der Waals surface area contributed by atoms with Gasteiger partial charge in [-0.05, 0) is 43.4 Å². The third-order valence-electron chi connectivity index (χ3n) is 3.42. The Kier molecular flexibility index (Phi) is 5.95. The fraction of sp³-hybridized carbons (Fsp3) is 0.333. The molecule has 110 valence electrons. The zero-order valence-electron chi connectivity index (χ0n) is 12.5. The molecule has 2 rings (SSSR count). The lowest BCUT2D eigenvalue weighted by atomic mass is 10.1. The van der Waals surface area contributed by atoms with Crippen LogP contribution in [0.15, 0.2) is 48.8 Å². The Balaban J connectivity index is 1.60. The SMILES string of the molecule is Cc1ccc(CC(=O)NCCCCc2cccnc2)cc1. The third-order valence-corrected chi connectivity index (χ3v) is 3.42. The molecule has 3 heteroatoms. The average Bonchev–Trinajstić information content (AvgIpc) is 2.50. The summed E-state index contributed by atoms with van der Waals surface area (Å²) in [4.78, 5) is 15.9. The number of unbranched alkanes of at least 4 members (excludes halogenated alkanes) is 1. The van der Waals surface area contributed by atoms with E-state index in [-0.39, 0.29) is 5.91 Å². The Bertz CT molecular complexity index is 549. The summed E-state index contributed by atoms with van der Waals surface area (Å²) in [5.41, 5.74) is 3.53. The standard InChI is InChI=1S/C18H22N2O/c1-15-7-9-16(10-8-15)13-18(21)20-12-3-2-5-17-6-4-11-19-14-17/h4,6-11,14H,2-3,5,12-13H2,1H3,(H,20,21). The molecule has 1 amide bonds. The van der Waals surface area contributed by atoms with Crippen LogP contribution in [0.1, 0.15) is 29.5 Å². The van der Waals surface area contributed by atoms with Gasteiger partial charge >= 0.3 is 0 Å². The molecule has 2 aromatic rings. The molecule has 0 bridgehead atoms. The number of nitrogens with one attached hydrogen (secondary N) is 1. The van der Waals surface area contributed by atoms with Crippen LogP contribution in [0.5, 0.6) is 0 Å². The number of benzene rings is 1. The molecule has 1 aromatic carbocycles. The first-order valence-electron chi connectivity index (χ1n) is 7.45. The number of nitrogens with zero attached hydrogens (tertiary/aromatic N) is 1. The van der Waals surface area contributed by atoms with Gasteiger partial charge in [0.1, 0.15) is 0 Å². The second kappa shape index (κ2) is 8.20. The highest BCUT2D eigenvalue weighted by Gasteiger charge is 2.02.